The van der Waals surface area contributed by atoms with Gasteiger partial charge in [-0.25, -0.2) is 0 Å². The van der Waals surface area contributed by atoms with Crippen LogP contribution in [0.3, 0.4) is 0 Å². The number of amides is 1. The van der Waals surface area contributed by atoms with Crippen molar-refractivity contribution >= 4 is 51.4 Å². The molecule has 0 fully saturated rings. The Bertz CT molecular complexity index is 881. The fourth-order valence-electron chi connectivity index (χ4n) is 2.25. The molecule has 0 aliphatic heterocycles. The van der Waals surface area contributed by atoms with Gasteiger partial charge in [0, 0.05) is 17.3 Å². The molecular weight excluding hydrogens is 400 g/mol. The normalized spacial score (nSPS) is 10.6. The predicted molar refractivity (Wildman–Crippen MR) is 113 cm³/mol. The highest BCUT2D eigenvalue weighted by Crippen LogP contribution is 2.27. The zero-order chi connectivity index (χ0) is 19.1. The summed E-state index contributed by atoms with van der Waals surface area (Å²) in [7, 11) is 0. The van der Waals surface area contributed by atoms with Gasteiger partial charge in [-0.1, -0.05) is 64.5 Å². The SMILES string of the molecule is Cc1ccc(Nc2nnc(SCC(=O)NCCc3ccc(Cl)cc3)s2)cc1. The summed E-state index contributed by atoms with van der Waals surface area (Å²) in [6.45, 7) is 2.64. The number of benzene rings is 2. The van der Waals surface area contributed by atoms with E-state index in [0.717, 1.165) is 22.0 Å². The van der Waals surface area contributed by atoms with Crippen LogP contribution >= 0.6 is 34.7 Å². The van der Waals surface area contributed by atoms with Gasteiger partial charge < -0.3 is 10.6 Å². The highest BCUT2D eigenvalue weighted by molar-refractivity contribution is 8.01. The van der Waals surface area contributed by atoms with Crippen molar-refractivity contribution in [1.82, 2.24) is 15.5 Å². The number of nitrogens with zero attached hydrogens (tertiary/aromatic N) is 2. The van der Waals surface area contributed by atoms with Crippen molar-refractivity contribution in [2.75, 3.05) is 17.6 Å². The summed E-state index contributed by atoms with van der Waals surface area (Å²) in [6.07, 6.45) is 0.775. The lowest BCUT2D eigenvalue weighted by Crippen LogP contribution is -2.27. The maximum absolute atomic E-state index is 12.0. The smallest absolute Gasteiger partial charge is 0.230 e. The van der Waals surface area contributed by atoms with E-state index in [1.807, 2.05) is 55.5 Å². The third kappa shape index (κ3) is 6.53. The van der Waals surface area contributed by atoms with Gasteiger partial charge >= 0.3 is 0 Å². The van der Waals surface area contributed by atoms with E-state index < -0.39 is 0 Å². The number of carbonyl (C=O) groups excluding carboxylic acids is 1. The van der Waals surface area contributed by atoms with Crippen molar-refractivity contribution < 1.29 is 4.79 Å². The van der Waals surface area contributed by atoms with Gasteiger partial charge in [0.15, 0.2) is 4.34 Å². The van der Waals surface area contributed by atoms with E-state index in [1.54, 1.807) is 0 Å². The second kappa shape index (κ2) is 9.73. The molecule has 0 bridgehead atoms. The topological polar surface area (TPSA) is 66.9 Å². The molecule has 0 spiro atoms. The molecule has 0 aliphatic carbocycles. The van der Waals surface area contributed by atoms with Crippen LogP contribution in [0.15, 0.2) is 52.9 Å². The molecule has 2 aromatic carbocycles. The Morgan fingerprint density at radius 1 is 1.11 bits per heavy atom. The quantitative estimate of drug-likeness (QED) is 0.519. The summed E-state index contributed by atoms with van der Waals surface area (Å²) in [4.78, 5) is 12.0. The average molecular weight is 419 g/mol. The van der Waals surface area contributed by atoms with Crippen molar-refractivity contribution in [3.8, 4) is 0 Å². The molecule has 0 unspecified atom stereocenters. The lowest BCUT2D eigenvalue weighted by atomic mass is 10.1. The lowest BCUT2D eigenvalue weighted by molar-refractivity contribution is -0.118. The molecule has 3 rings (SSSR count). The van der Waals surface area contributed by atoms with Crippen LogP contribution in [0.25, 0.3) is 0 Å². The fraction of sp³-hybridized carbons (Fsp3) is 0.211. The Balaban J connectivity index is 1.39. The highest BCUT2D eigenvalue weighted by Gasteiger charge is 2.08. The minimum Gasteiger partial charge on any atom is -0.355 e. The Hall–Kier alpha value is -2.09. The van der Waals surface area contributed by atoms with E-state index in [2.05, 4.69) is 20.8 Å². The van der Waals surface area contributed by atoms with E-state index in [0.29, 0.717) is 22.5 Å². The summed E-state index contributed by atoms with van der Waals surface area (Å²) < 4.78 is 0.762. The zero-order valence-corrected chi connectivity index (χ0v) is 17.1. The van der Waals surface area contributed by atoms with Gasteiger partial charge in [0.05, 0.1) is 5.75 Å². The van der Waals surface area contributed by atoms with Crippen LogP contribution in [-0.2, 0) is 11.2 Å². The third-order valence-corrected chi connectivity index (χ3v) is 5.91. The van der Waals surface area contributed by atoms with Gasteiger partial charge in [0.2, 0.25) is 11.0 Å². The molecule has 1 heterocycles. The van der Waals surface area contributed by atoms with Gasteiger partial charge in [-0.15, -0.1) is 10.2 Å². The Morgan fingerprint density at radius 3 is 2.59 bits per heavy atom. The number of carbonyl (C=O) groups is 1. The monoisotopic (exact) mass is 418 g/mol. The van der Waals surface area contributed by atoms with Crippen molar-refractivity contribution in [2.45, 2.75) is 17.7 Å². The van der Waals surface area contributed by atoms with Crippen molar-refractivity contribution in [2.24, 2.45) is 0 Å². The van der Waals surface area contributed by atoms with Gasteiger partial charge in [0.25, 0.3) is 0 Å². The van der Waals surface area contributed by atoms with Crippen LogP contribution in [0.5, 0.6) is 0 Å². The van der Waals surface area contributed by atoms with Crippen molar-refractivity contribution in [3.05, 3.63) is 64.7 Å². The van der Waals surface area contributed by atoms with Gasteiger partial charge in [0.1, 0.15) is 0 Å². The second-order valence-corrected chi connectivity index (χ2v) is 8.52. The van der Waals surface area contributed by atoms with Crippen molar-refractivity contribution in [1.29, 1.82) is 0 Å². The van der Waals surface area contributed by atoms with Crippen LogP contribution in [-0.4, -0.2) is 28.4 Å². The lowest BCUT2D eigenvalue weighted by Gasteiger charge is -2.04. The number of halogens is 1. The Morgan fingerprint density at radius 2 is 1.85 bits per heavy atom. The number of aryl methyl sites for hydroxylation is 1. The summed E-state index contributed by atoms with van der Waals surface area (Å²) in [5, 5.41) is 15.8. The summed E-state index contributed by atoms with van der Waals surface area (Å²) in [6, 6.07) is 15.7. The second-order valence-electron chi connectivity index (χ2n) is 5.88. The summed E-state index contributed by atoms with van der Waals surface area (Å²) in [5.41, 5.74) is 3.31. The van der Waals surface area contributed by atoms with Crippen LogP contribution in [0.2, 0.25) is 5.02 Å². The summed E-state index contributed by atoms with van der Waals surface area (Å²) >= 11 is 8.68. The first-order valence-electron chi connectivity index (χ1n) is 8.39. The molecule has 8 heteroatoms. The number of rotatable bonds is 8. The third-order valence-electron chi connectivity index (χ3n) is 3.69. The van der Waals surface area contributed by atoms with Crippen molar-refractivity contribution in [3.63, 3.8) is 0 Å². The first kappa shape index (κ1) is 19.7. The van der Waals surface area contributed by atoms with E-state index in [4.69, 9.17) is 11.6 Å². The maximum Gasteiger partial charge on any atom is 0.230 e. The number of aromatic nitrogens is 2. The standard InChI is InChI=1S/C19H19ClN4OS2/c1-13-2-8-16(9-3-13)22-18-23-24-19(27-18)26-12-17(25)21-11-10-14-4-6-15(20)7-5-14/h2-9H,10-12H2,1H3,(H,21,25)(H,22,23). The number of thioether (sulfide) groups is 1. The minimum atomic E-state index is -0.0165. The van der Waals surface area contributed by atoms with Crippen LogP contribution in [0.1, 0.15) is 11.1 Å². The molecule has 2 N–H and O–H groups in total. The molecule has 1 aromatic heterocycles. The molecule has 5 nitrogen and oxygen atoms in total. The van der Waals surface area contributed by atoms with E-state index >= 15 is 0 Å². The molecule has 140 valence electrons. The molecule has 0 saturated carbocycles. The largest absolute Gasteiger partial charge is 0.355 e. The number of hydrogen-bond acceptors (Lipinski definition) is 6. The number of anilines is 2. The van der Waals surface area contributed by atoms with E-state index in [1.165, 1.54) is 28.7 Å². The van der Waals surface area contributed by atoms with Gasteiger partial charge in [-0.2, -0.15) is 0 Å². The average Bonchev–Trinajstić information content (AvgIpc) is 3.11. The van der Waals surface area contributed by atoms with Crippen LogP contribution in [0, 0.1) is 6.92 Å². The number of nitrogens with one attached hydrogen (secondary N) is 2. The van der Waals surface area contributed by atoms with Gasteiger partial charge in [-0.05, 0) is 43.2 Å². The Labute approximate surface area is 171 Å². The first-order chi connectivity index (χ1) is 13.1. The Kier molecular flexibility index (Phi) is 7.09. The molecule has 0 atom stereocenters. The molecule has 0 aliphatic rings. The molecule has 0 saturated heterocycles. The minimum absolute atomic E-state index is 0.0165. The molecule has 3 aromatic rings. The molecule has 1 amide bonds. The first-order valence-corrected chi connectivity index (χ1v) is 10.6. The van der Waals surface area contributed by atoms with E-state index in [9.17, 15) is 4.79 Å². The van der Waals surface area contributed by atoms with E-state index in [-0.39, 0.29) is 5.91 Å². The molecular formula is C19H19ClN4OS2. The van der Waals surface area contributed by atoms with Crippen LogP contribution < -0.4 is 10.6 Å². The van der Waals surface area contributed by atoms with Crippen LogP contribution in [0.4, 0.5) is 10.8 Å². The van der Waals surface area contributed by atoms with Gasteiger partial charge in [-0.3, -0.25) is 4.79 Å². The summed E-state index contributed by atoms with van der Waals surface area (Å²) in [5.74, 6) is 0.303. The highest BCUT2D eigenvalue weighted by atomic mass is 35.5. The zero-order valence-electron chi connectivity index (χ0n) is 14.7. The predicted octanol–water partition coefficient (Wildman–Crippen LogP) is 4.69. The molecule has 27 heavy (non-hydrogen) atoms. The maximum atomic E-state index is 12.0. The fourth-order valence-corrected chi connectivity index (χ4v) is 3.98. The number of hydrogen-bond donors (Lipinski definition) is 2. The molecule has 0 radical (unpaired) electrons.